The van der Waals surface area contributed by atoms with Crippen LogP contribution in [0.25, 0.3) is 0 Å². The van der Waals surface area contributed by atoms with E-state index in [0.717, 1.165) is 25.8 Å². The van der Waals surface area contributed by atoms with Crippen LogP contribution in [0, 0.1) is 5.92 Å². The van der Waals surface area contributed by atoms with Crippen LogP contribution in [0.5, 0.6) is 0 Å². The van der Waals surface area contributed by atoms with Gasteiger partial charge in [0.1, 0.15) is 0 Å². The van der Waals surface area contributed by atoms with Crippen LogP contribution in [0.15, 0.2) is 0 Å². The van der Waals surface area contributed by atoms with Crippen LogP contribution in [-0.2, 0) is 0 Å². The molecule has 0 aliphatic carbocycles. The Labute approximate surface area is 79.4 Å². The molecule has 0 aromatic heterocycles. The van der Waals surface area contributed by atoms with E-state index in [9.17, 15) is 10.2 Å². The molecule has 0 radical (unpaired) electrons. The lowest BCUT2D eigenvalue weighted by Crippen LogP contribution is -2.60. The Morgan fingerprint density at radius 3 is 2.69 bits per heavy atom. The second kappa shape index (κ2) is 3.23. The molecule has 2 heterocycles. The molecule has 0 saturated carbocycles. The Morgan fingerprint density at radius 2 is 2.00 bits per heavy atom. The van der Waals surface area contributed by atoms with E-state index in [1.807, 2.05) is 4.90 Å². The molecule has 0 aromatic carbocycles. The predicted molar refractivity (Wildman–Crippen MR) is 49.9 cm³/mol. The van der Waals surface area contributed by atoms with E-state index in [1.54, 1.807) is 0 Å². The molecule has 2 unspecified atom stereocenters. The van der Waals surface area contributed by atoms with Gasteiger partial charge >= 0.3 is 0 Å². The van der Waals surface area contributed by atoms with Crippen molar-refractivity contribution in [3.63, 3.8) is 0 Å². The minimum Gasteiger partial charge on any atom is -0.353 e. The molecule has 2 saturated heterocycles. The zero-order valence-corrected chi connectivity index (χ0v) is 8.24. The monoisotopic (exact) mass is 185 g/mol. The summed E-state index contributed by atoms with van der Waals surface area (Å²) >= 11 is 0. The average molecular weight is 185 g/mol. The Hall–Kier alpha value is -0.120. The van der Waals surface area contributed by atoms with Crippen LogP contribution in [-0.4, -0.2) is 33.6 Å². The van der Waals surface area contributed by atoms with Crippen LogP contribution >= 0.6 is 0 Å². The van der Waals surface area contributed by atoms with E-state index in [0.29, 0.717) is 18.4 Å². The molecule has 76 valence electrons. The highest BCUT2D eigenvalue weighted by Gasteiger charge is 2.43. The van der Waals surface area contributed by atoms with Gasteiger partial charge < -0.3 is 10.2 Å². The number of rotatable bonds is 0. The summed E-state index contributed by atoms with van der Waals surface area (Å²) in [4.78, 5) is 1.89. The summed E-state index contributed by atoms with van der Waals surface area (Å²) in [6, 6.07) is 0.400. The summed E-state index contributed by atoms with van der Waals surface area (Å²) in [5.41, 5.74) is 0. The van der Waals surface area contributed by atoms with Crippen molar-refractivity contribution in [1.82, 2.24) is 4.90 Å². The van der Waals surface area contributed by atoms with Gasteiger partial charge in [-0.3, -0.25) is 0 Å². The number of hydrogen-bond donors (Lipinski definition) is 2. The lowest BCUT2D eigenvalue weighted by atomic mass is 9.83. The minimum absolute atomic E-state index is 0.400. The predicted octanol–water partition coefficient (Wildman–Crippen LogP) is 0.909. The van der Waals surface area contributed by atoms with Gasteiger partial charge in [0.2, 0.25) is 5.91 Å². The third-order valence-corrected chi connectivity index (χ3v) is 3.59. The van der Waals surface area contributed by atoms with Crippen LogP contribution < -0.4 is 0 Å². The fraction of sp³-hybridized carbons (Fsp3) is 1.00. The van der Waals surface area contributed by atoms with Crippen molar-refractivity contribution in [2.45, 2.75) is 51.0 Å². The molecular formula is C10H19NO2. The molecule has 2 aliphatic rings. The number of fused-ring (bicyclic) bond motifs is 1. The second-order valence-electron chi connectivity index (χ2n) is 4.55. The Balaban J connectivity index is 2.14. The Kier molecular flexibility index (Phi) is 2.34. The summed E-state index contributed by atoms with van der Waals surface area (Å²) < 4.78 is 0. The van der Waals surface area contributed by atoms with Gasteiger partial charge in [-0.2, -0.15) is 0 Å². The maximum Gasteiger partial charge on any atom is 0.225 e. The average Bonchev–Trinajstić information content (AvgIpc) is 2.06. The Morgan fingerprint density at radius 1 is 1.23 bits per heavy atom. The maximum atomic E-state index is 9.77. The van der Waals surface area contributed by atoms with Crippen molar-refractivity contribution in [2.75, 3.05) is 6.54 Å². The van der Waals surface area contributed by atoms with Gasteiger partial charge in [-0.1, -0.05) is 6.92 Å². The fourth-order valence-corrected chi connectivity index (χ4v) is 2.83. The summed E-state index contributed by atoms with van der Waals surface area (Å²) in [7, 11) is 0. The zero-order chi connectivity index (χ0) is 9.47. The van der Waals surface area contributed by atoms with E-state index in [4.69, 9.17) is 0 Å². The molecule has 0 amide bonds. The third kappa shape index (κ3) is 1.60. The summed E-state index contributed by atoms with van der Waals surface area (Å²) in [6.07, 6.45) is 4.91. The first kappa shape index (κ1) is 9.44. The summed E-state index contributed by atoms with van der Waals surface area (Å²) in [5.74, 6) is -0.898. The second-order valence-corrected chi connectivity index (χ2v) is 4.55. The van der Waals surface area contributed by atoms with Crippen molar-refractivity contribution < 1.29 is 10.2 Å². The normalized spacial score (nSPS) is 39.9. The topological polar surface area (TPSA) is 43.7 Å². The standard InChI is InChI=1S/C10H19NO2/c1-8-4-3-7-11-9(8)5-2-6-10(11,12)13/h8-9,12-13H,2-7H2,1H3. The molecule has 13 heavy (non-hydrogen) atoms. The first-order chi connectivity index (χ1) is 6.11. The molecule has 3 heteroatoms. The van der Waals surface area contributed by atoms with Gasteiger partial charge in [0.25, 0.3) is 0 Å². The van der Waals surface area contributed by atoms with Crippen molar-refractivity contribution in [2.24, 2.45) is 5.92 Å². The van der Waals surface area contributed by atoms with Crippen molar-refractivity contribution in [3.8, 4) is 0 Å². The highest BCUT2D eigenvalue weighted by molar-refractivity contribution is 4.89. The SMILES string of the molecule is CC1CCCN2C1CCCC2(O)O. The lowest BCUT2D eigenvalue weighted by Gasteiger charge is -2.49. The van der Waals surface area contributed by atoms with E-state index in [-0.39, 0.29) is 0 Å². The van der Waals surface area contributed by atoms with Gasteiger partial charge in [0, 0.05) is 19.0 Å². The largest absolute Gasteiger partial charge is 0.353 e. The molecule has 2 aliphatic heterocycles. The third-order valence-electron chi connectivity index (χ3n) is 3.59. The first-order valence-electron chi connectivity index (χ1n) is 5.33. The molecule has 3 nitrogen and oxygen atoms in total. The van der Waals surface area contributed by atoms with Crippen molar-refractivity contribution >= 4 is 0 Å². The van der Waals surface area contributed by atoms with Gasteiger partial charge in [-0.05, 0) is 31.6 Å². The van der Waals surface area contributed by atoms with E-state index in [2.05, 4.69) is 6.92 Å². The molecule has 0 spiro atoms. The molecular weight excluding hydrogens is 166 g/mol. The molecule has 0 aromatic rings. The van der Waals surface area contributed by atoms with Gasteiger partial charge in [0.15, 0.2) is 0 Å². The van der Waals surface area contributed by atoms with Crippen LogP contribution in [0.1, 0.15) is 39.0 Å². The molecule has 2 fully saturated rings. The molecule has 2 atom stereocenters. The van der Waals surface area contributed by atoms with Gasteiger partial charge in [-0.25, -0.2) is 4.90 Å². The number of piperidine rings is 2. The lowest BCUT2D eigenvalue weighted by molar-refractivity contribution is -0.301. The highest BCUT2D eigenvalue weighted by Crippen LogP contribution is 2.36. The first-order valence-corrected chi connectivity index (χ1v) is 5.33. The number of hydrogen-bond acceptors (Lipinski definition) is 3. The van der Waals surface area contributed by atoms with Crippen molar-refractivity contribution in [3.05, 3.63) is 0 Å². The zero-order valence-electron chi connectivity index (χ0n) is 8.24. The van der Waals surface area contributed by atoms with Gasteiger partial charge in [-0.15, -0.1) is 0 Å². The molecule has 2 N–H and O–H groups in total. The van der Waals surface area contributed by atoms with Crippen LogP contribution in [0.2, 0.25) is 0 Å². The van der Waals surface area contributed by atoms with Crippen LogP contribution in [0.4, 0.5) is 0 Å². The highest BCUT2D eigenvalue weighted by atomic mass is 16.5. The fourth-order valence-electron chi connectivity index (χ4n) is 2.83. The number of aliphatic hydroxyl groups is 2. The number of nitrogens with zero attached hydrogens (tertiary/aromatic N) is 1. The van der Waals surface area contributed by atoms with Crippen molar-refractivity contribution in [1.29, 1.82) is 0 Å². The molecule has 0 bridgehead atoms. The Bertz CT molecular complexity index is 193. The minimum atomic E-state index is -1.52. The van der Waals surface area contributed by atoms with Gasteiger partial charge in [0.05, 0.1) is 0 Å². The summed E-state index contributed by atoms with van der Waals surface area (Å²) in [6.45, 7) is 3.07. The maximum absolute atomic E-state index is 9.77. The summed E-state index contributed by atoms with van der Waals surface area (Å²) in [5, 5.41) is 19.5. The van der Waals surface area contributed by atoms with Crippen LogP contribution in [0.3, 0.4) is 0 Å². The van der Waals surface area contributed by atoms with E-state index >= 15 is 0 Å². The van der Waals surface area contributed by atoms with E-state index in [1.165, 1.54) is 6.42 Å². The molecule has 2 rings (SSSR count). The quantitative estimate of drug-likeness (QED) is 0.551. The smallest absolute Gasteiger partial charge is 0.225 e. The van der Waals surface area contributed by atoms with E-state index < -0.39 is 5.91 Å².